The van der Waals surface area contributed by atoms with Crippen molar-refractivity contribution in [3.8, 4) is 11.1 Å². The van der Waals surface area contributed by atoms with Gasteiger partial charge in [-0.2, -0.15) is 13.2 Å². The number of rotatable bonds is 1. The number of hydrogen-bond donors (Lipinski definition) is 1. The second-order valence-corrected chi connectivity index (χ2v) is 5.06. The maximum absolute atomic E-state index is 12.6. The van der Waals surface area contributed by atoms with Crippen LogP contribution < -0.4 is 0 Å². The van der Waals surface area contributed by atoms with Crippen molar-refractivity contribution in [3.05, 3.63) is 46.3 Å². The molecule has 108 valence electrons. The van der Waals surface area contributed by atoms with Gasteiger partial charge in [0.15, 0.2) is 5.65 Å². The summed E-state index contributed by atoms with van der Waals surface area (Å²) in [7, 11) is 0. The van der Waals surface area contributed by atoms with Crippen LogP contribution in [-0.4, -0.2) is 15.0 Å². The van der Waals surface area contributed by atoms with Gasteiger partial charge in [-0.3, -0.25) is 0 Å². The summed E-state index contributed by atoms with van der Waals surface area (Å²) in [6.07, 6.45) is -3.14. The van der Waals surface area contributed by atoms with Crippen molar-refractivity contribution in [2.75, 3.05) is 0 Å². The van der Waals surface area contributed by atoms with Gasteiger partial charge >= 0.3 is 6.18 Å². The number of aromatic amines is 1. The SMILES string of the molecule is FC(F)(F)c1nc2ncc(-c3cccc(Cl)c3Cl)cc2[nH]1. The molecule has 0 spiro atoms. The molecule has 0 atom stereocenters. The molecule has 3 nitrogen and oxygen atoms in total. The molecule has 0 unspecified atom stereocenters. The lowest BCUT2D eigenvalue weighted by molar-refractivity contribution is -0.144. The zero-order valence-electron chi connectivity index (χ0n) is 10.2. The van der Waals surface area contributed by atoms with Gasteiger partial charge in [-0.1, -0.05) is 35.3 Å². The molecule has 0 saturated heterocycles. The van der Waals surface area contributed by atoms with Gasteiger partial charge in [0.25, 0.3) is 0 Å². The standard InChI is InChI=1S/C13H6Cl2F3N3/c14-8-3-1-2-7(10(8)15)6-4-9-11(19-5-6)21-12(20-9)13(16,17)18/h1-5H,(H,19,20,21). The van der Waals surface area contributed by atoms with Crippen LogP contribution in [0.25, 0.3) is 22.3 Å². The molecule has 2 heterocycles. The minimum absolute atomic E-state index is 0.00998. The number of pyridine rings is 1. The van der Waals surface area contributed by atoms with Gasteiger partial charge in [-0.15, -0.1) is 0 Å². The fourth-order valence-electron chi connectivity index (χ4n) is 1.91. The second-order valence-electron chi connectivity index (χ2n) is 4.28. The largest absolute Gasteiger partial charge is 0.449 e. The molecule has 8 heteroatoms. The molecule has 3 rings (SSSR count). The fourth-order valence-corrected chi connectivity index (χ4v) is 2.32. The third-order valence-electron chi connectivity index (χ3n) is 2.87. The normalized spacial score (nSPS) is 12.0. The van der Waals surface area contributed by atoms with Crippen molar-refractivity contribution < 1.29 is 13.2 Å². The van der Waals surface area contributed by atoms with E-state index in [4.69, 9.17) is 23.2 Å². The Morgan fingerprint density at radius 3 is 2.62 bits per heavy atom. The van der Waals surface area contributed by atoms with Crippen LogP contribution in [0.15, 0.2) is 30.5 Å². The highest BCUT2D eigenvalue weighted by atomic mass is 35.5. The molecular weight excluding hydrogens is 326 g/mol. The fraction of sp³-hybridized carbons (Fsp3) is 0.0769. The van der Waals surface area contributed by atoms with E-state index in [1.165, 1.54) is 12.3 Å². The van der Waals surface area contributed by atoms with Gasteiger partial charge < -0.3 is 4.98 Å². The predicted octanol–water partition coefficient (Wildman–Crippen LogP) is 4.95. The maximum Gasteiger partial charge on any atom is 0.449 e. The van der Waals surface area contributed by atoms with Crippen LogP contribution in [0.5, 0.6) is 0 Å². The Labute approximate surface area is 126 Å². The van der Waals surface area contributed by atoms with Gasteiger partial charge in [0, 0.05) is 17.3 Å². The van der Waals surface area contributed by atoms with E-state index in [1.54, 1.807) is 18.2 Å². The van der Waals surface area contributed by atoms with Gasteiger partial charge in [0.1, 0.15) is 0 Å². The molecule has 0 amide bonds. The van der Waals surface area contributed by atoms with Gasteiger partial charge in [0.05, 0.1) is 15.6 Å². The van der Waals surface area contributed by atoms with Crippen molar-refractivity contribution in [2.45, 2.75) is 6.18 Å². The van der Waals surface area contributed by atoms with Crippen LogP contribution in [0.3, 0.4) is 0 Å². The van der Waals surface area contributed by atoms with Crippen molar-refractivity contribution >= 4 is 34.4 Å². The molecule has 2 aromatic heterocycles. The van der Waals surface area contributed by atoms with E-state index >= 15 is 0 Å². The number of nitrogens with zero attached hydrogens (tertiary/aromatic N) is 2. The molecule has 1 aromatic carbocycles. The first-order valence-electron chi connectivity index (χ1n) is 5.73. The number of halogens is 5. The number of fused-ring (bicyclic) bond motifs is 1. The van der Waals surface area contributed by atoms with Crippen molar-refractivity contribution in [2.24, 2.45) is 0 Å². The Bertz CT molecular complexity index is 827. The zero-order valence-corrected chi connectivity index (χ0v) is 11.7. The molecule has 1 N–H and O–H groups in total. The second kappa shape index (κ2) is 4.89. The quantitative estimate of drug-likeness (QED) is 0.685. The summed E-state index contributed by atoms with van der Waals surface area (Å²) in [5.74, 6) is -1.08. The first kappa shape index (κ1) is 14.2. The van der Waals surface area contributed by atoms with Crippen LogP contribution in [-0.2, 0) is 6.18 Å². The topological polar surface area (TPSA) is 41.6 Å². The highest BCUT2D eigenvalue weighted by Gasteiger charge is 2.35. The summed E-state index contributed by atoms with van der Waals surface area (Å²) in [6, 6.07) is 6.53. The number of alkyl halides is 3. The lowest BCUT2D eigenvalue weighted by Crippen LogP contribution is -2.06. The van der Waals surface area contributed by atoms with E-state index < -0.39 is 12.0 Å². The average molecular weight is 332 g/mol. The zero-order chi connectivity index (χ0) is 15.2. The molecule has 0 aliphatic heterocycles. The average Bonchev–Trinajstić information content (AvgIpc) is 2.85. The lowest BCUT2D eigenvalue weighted by Gasteiger charge is -2.05. The highest BCUT2D eigenvalue weighted by molar-refractivity contribution is 6.43. The molecule has 21 heavy (non-hydrogen) atoms. The van der Waals surface area contributed by atoms with Crippen LogP contribution in [0.4, 0.5) is 13.2 Å². The third kappa shape index (κ3) is 2.56. The third-order valence-corrected chi connectivity index (χ3v) is 3.69. The summed E-state index contributed by atoms with van der Waals surface area (Å²) in [6.45, 7) is 0. The number of imidazole rings is 1. The molecule has 0 aliphatic carbocycles. The monoisotopic (exact) mass is 331 g/mol. The minimum Gasteiger partial charge on any atom is -0.333 e. The molecule has 0 fully saturated rings. The number of H-pyrrole nitrogens is 1. The Morgan fingerprint density at radius 2 is 1.90 bits per heavy atom. The van der Waals surface area contributed by atoms with E-state index in [2.05, 4.69) is 15.0 Å². The smallest absolute Gasteiger partial charge is 0.333 e. The number of nitrogens with one attached hydrogen (secondary N) is 1. The Balaban J connectivity index is 2.15. The minimum atomic E-state index is -4.55. The molecule has 0 bridgehead atoms. The van der Waals surface area contributed by atoms with Crippen molar-refractivity contribution in [1.82, 2.24) is 15.0 Å². The summed E-state index contributed by atoms with van der Waals surface area (Å²) in [5, 5.41) is 0.672. The van der Waals surface area contributed by atoms with Crippen molar-refractivity contribution in [1.29, 1.82) is 0 Å². The molecule has 0 radical (unpaired) electrons. The van der Waals surface area contributed by atoms with Gasteiger partial charge in [-0.05, 0) is 12.1 Å². The predicted molar refractivity (Wildman–Crippen MR) is 74.3 cm³/mol. The molecule has 0 saturated carbocycles. The van der Waals surface area contributed by atoms with Crippen LogP contribution in [0, 0.1) is 0 Å². The summed E-state index contributed by atoms with van der Waals surface area (Å²) in [4.78, 5) is 9.53. The summed E-state index contributed by atoms with van der Waals surface area (Å²) < 4.78 is 37.8. The van der Waals surface area contributed by atoms with E-state index in [1.807, 2.05) is 0 Å². The van der Waals surface area contributed by atoms with E-state index in [0.717, 1.165) is 0 Å². The van der Waals surface area contributed by atoms with E-state index in [9.17, 15) is 13.2 Å². The summed E-state index contributed by atoms with van der Waals surface area (Å²) in [5.41, 5.74) is 1.30. The van der Waals surface area contributed by atoms with Gasteiger partial charge in [-0.25, -0.2) is 9.97 Å². The number of aromatic nitrogens is 3. The van der Waals surface area contributed by atoms with Crippen molar-refractivity contribution in [3.63, 3.8) is 0 Å². The molecular formula is C13H6Cl2F3N3. The highest BCUT2D eigenvalue weighted by Crippen LogP contribution is 2.34. The van der Waals surface area contributed by atoms with E-state index in [-0.39, 0.29) is 11.2 Å². The maximum atomic E-state index is 12.6. The first-order valence-corrected chi connectivity index (χ1v) is 6.49. The van der Waals surface area contributed by atoms with E-state index in [0.29, 0.717) is 21.2 Å². The number of hydrogen-bond acceptors (Lipinski definition) is 2. The number of benzene rings is 1. The first-order chi connectivity index (χ1) is 9.86. The van der Waals surface area contributed by atoms with Crippen LogP contribution in [0.2, 0.25) is 10.0 Å². The Hall–Kier alpha value is -1.79. The summed E-state index contributed by atoms with van der Waals surface area (Å²) >= 11 is 12.0. The van der Waals surface area contributed by atoms with Crippen LogP contribution >= 0.6 is 23.2 Å². The Kier molecular flexibility index (Phi) is 3.30. The molecule has 3 aromatic rings. The lowest BCUT2D eigenvalue weighted by atomic mass is 10.1. The van der Waals surface area contributed by atoms with Crippen LogP contribution in [0.1, 0.15) is 5.82 Å². The van der Waals surface area contributed by atoms with Gasteiger partial charge in [0.2, 0.25) is 5.82 Å². The molecule has 0 aliphatic rings. The Morgan fingerprint density at radius 1 is 1.14 bits per heavy atom.